The average Bonchev–Trinajstić information content (AvgIpc) is 3.16. The van der Waals surface area contributed by atoms with Gasteiger partial charge in [0.1, 0.15) is 0 Å². The molecule has 19 heavy (non-hydrogen) atoms. The summed E-state index contributed by atoms with van der Waals surface area (Å²) in [5.74, 6) is 0.924. The summed E-state index contributed by atoms with van der Waals surface area (Å²) in [5, 5.41) is 0. The van der Waals surface area contributed by atoms with Crippen LogP contribution >= 0.6 is 12.6 Å². The number of rotatable bonds is 6. The fourth-order valence-electron chi connectivity index (χ4n) is 2.18. The van der Waals surface area contributed by atoms with Crippen LogP contribution in [0.3, 0.4) is 0 Å². The quantitative estimate of drug-likeness (QED) is 0.788. The summed E-state index contributed by atoms with van der Waals surface area (Å²) < 4.78 is 0. The number of hydrogen-bond acceptors (Lipinski definition) is 2. The van der Waals surface area contributed by atoms with Gasteiger partial charge in [0.2, 0.25) is 5.91 Å². The van der Waals surface area contributed by atoms with Gasteiger partial charge in [0, 0.05) is 17.5 Å². The Bertz CT molecular complexity index is 423. The van der Waals surface area contributed by atoms with Crippen molar-refractivity contribution in [3.63, 3.8) is 0 Å². The lowest BCUT2D eigenvalue weighted by atomic mass is 10.1. The number of amides is 1. The average molecular weight is 277 g/mol. The van der Waals surface area contributed by atoms with Gasteiger partial charge >= 0.3 is 0 Å². The zero-order chi connectivity index (χ0) is 13.8. The first kappa shape index (κ1) is 14.4. The molecule has 0 saturated heterocycles. The molecule has 0 bridgehead atoms. The second-order valence-corrected chi connectivity index (χ2v) is 6.36. The molecule has 0 atom stereocenters. The number of benzene rings is 1. The topological polar surface area (TPSA) is 20.3 Å². The van der Waals surface area contributed by atoms with Crippen molar-refractivity contribution < 1.29 is 4.79 Å². The summed E-state index contributed by atoms with van der Waals surface area (Å²) in [7, 11) is 0. The van der Waals surface area contributed by atoms with E-state index in [1.165, 1.54) is 12.8 Å². The predicted octanol–water partition coefficient (Wildman–Crippen LogP) is 3.55. The Morgan fingerprint density at radius 1 is 1.32 bits per heavy atom. The smallest absolute Gasteiger partial charge is 0.227 e. The highest BCUT2D eigenvalue weighted by atomic mass is 32.1. The van der Waals surface area contributed by atoms with Crippen molar-refractivity contribution in [1.29, 1.82) is 0 Å². The fraction of sp³-hybridized carbons (Fsp3) is 0.562. The Morgan fingerprint density at radius 3 is 2.47 bits per heavy atom. The first-order valence-corrected chi connectivity index (χ1v) is 7.58. The molecule has 1 aromatic carbocycles. The van der Waals surface area contributed by atoms with Crippen molar-refractivity contribution in [3.05, 3.63) is 29.8 Å². The monoisotopic (exact) mass is 277 g/mol. The van der Waals surface area contributed by atoms with E-state index in [4.69, 9.17) is 0 Å². The minimum atomic E-state index is 0.273. The van der Waals surface area contributed by atoms with Gasteiger partial charge in [0.05, 0.1) is 6.42 Å². The summed E-state index contributed by atoms with van der Waals surface area (Å²) in [6.07, 6.45) is 3.97. The van der Waals surface area contributed by atoms with E-state index in [0.717, 1.165) is 23.4 Å². The predicted molar refractivity (Wildman–Crippen MR) is 81.6 cm³/mol. The standard InChI is InChI=1S/C16H23NOS/c1-12(2)9-10-17(14-5-6-14)16(18)11-13-3-7-15(19)8-4-13/h3-4,7-8,12,14,19H,5-6,9-11H2,1-2H3. The molecule has 1 fully saturated rings. The molecule has 2 rings (SSSR count). The number of thiol groups is 1. The molecule has 1 aliphatic carbocycles. The van der Waals surface area contributed by atoms with Gasteiger partial charge in [-0.05, 0) is 42.9 Å². The Morgan fingerprint density at radius 2 is 1.95 bits per heavy atom. The summed E-state index contributed by atoms with van der Waals surface area (Å²) in [4.78, 5) is 15.4. The number of carbonyl (C=O) groups excluding carboxylic acids is 1. The number of hydrogen-bond donors (Lipinski definition) is 1. The molecular formula is C16H23NOS. The Kier molecular flexibility index (Phi) is 4.92. The van der Waals surface area contributed by atoms with Crippen LogP contribution in [-0.2, 0) is 11.2 Å². The molecule has 104 valence electrons. The lowest BCUT2D eigenvalue weighted by Crippen LogP contribution is -2.35. The first-order chi connectivity index (χ1) is 9.06. The zero-order valence-electron chi connectivity index (χ0n) is 11.8. The molecule has 1 saturated carbocycles. The van der Waals surface area contributed by atoms with Crippen molar-refractivity contribution in [2.75, 3.05) is 6.54 Å². The first-order valence-electron chi connectivity index (χ1n) is 7.13. The summed E-state index contributed by atoms with van der Waals surface area (Å²) in [6, 6.07) is 8.39. The molecule has 0 radical (unpaired) electrons. The van der Waals surface area contributed by atoms with Crippen LogP contribution in [0.5, 0.6) is 0 Å². The van der Waals surface area contributed by atoms with Gasteiger partial charge in [-0.25, -0.2) is 0 Å². The Balaban J connectivity index is 1.93. The van der Waals surface area contributed by atoms with Crippen LogP contribution in [0.1, 0.15) is 38.7 Å². The van der Waals surface area contributed by atoms with Gasteiger partial charge in [-0.2, -0.15) is 0 Å². The van der Waals surface area contributed by atoms with Crippen LogP contribution in [0, 0.1) is 5.92 Å². The minimum Gasteiger partial charge on any atom is -0.339 e. The van der Waals surface area contributed by atoms with Crippen molar-refractivity contribution >= 4 is 18.5 Å². The molecule has 0 heterocycles. The van der Waals surface area contributed by atoms with Crippen LogP contribution in [0.15, 0.2) is 29.2 Å². The maximum atomic E-state index is 12.4. The number of nitrogens with zero attached hydrogens (tertiary/aromatic N) is 1. The lowest BCUT2D eigenvalue weighted by Gasteiger charge is -2.23. The Labute approximate surface area is 121 Å². The van der Waals surface area contributed by atoms with Gasteiger partial charge in [0.15, 0.2) is 0 Å². The van der Waals surface area contributed by atoms with E-state index in [2.05, 4.69) is 31.4 Å². The van der Waals surface area contributed by atoms with Gasteiger partial charge < -0.3 is 4.90 Å². The van der Waals surface area contributed by atoms with Gasteiger partial charge in [-0.1, -0.05) is 26.0 Å². The van der Waals surface area contributed by atoms with Crippen LogP contribution in [0.2, 0.25) is 0 Å². The molecule has 0 spiro atoms. The van der Waals surface area contributed by atoms with Crippen molar-refractivity contribution in [1.82, 2.24) is 4.90 Å². The van der Waals surface area contributed by atoms with Crippen LogP contribution in [-0.4, -0.2) is 23.4 Å². The van der Waals surface area contributed by atoms with Crippen molar-refractivity contribution in [2.45, 2.75) is 50.5 Å². The second-order valence-electron chi connectivity index (χ2n) is 5.84. The second kappa shape index (κ2) is 6.47. The highest BCUT2D eigenvalue weighted by Gasteiger charge is 2.31. The van der Waals surface area contributed by atoms with Crippen LogP contribution in [0.4, 0.5) is 0 Å². The van der Waals surface area contributed by atoms with Gasteiger partial charge in [-0.15, -0.1) is 12.6 Å². The van der Waals surface area contributed by atoms with Gasteiger partial charge in [0.25, 0.3) is 0 Å². The molecule has 0 aliphatic heterocycles. The molecular weight excluding hydrogens is 254 g/mol. The van der Waals surface area contributed by atoms with E-state index >= 15 is 0 Å². The van der Waals surface area contributed by atoms with E-state index in [0.29, 0.717) is 18.4 Å². The molecule has 3 heteroatoms. The summed E-state index contributed by atoms with van der Waals surface area (Å²) in [6.45, 7) is 5.33. The molecule has 1 amide bonds. The third kappa shape index (κ3) is 4.57. The van der Waals surface area contributed by atoms with Crippen LogP contribution < -0.4 is 0 Å². The summed E-state index contributed by atoms with van der Waals surface area (Å²) in [5.41, 5.74) is 1.08. The van der Waals surface area contributed by atoms with E-state index in [9.17, 15) is 4.79 Å². The van der Waals surface area contributed by atoms with E-state index in [-0.39, 0.29) is 5.91 Å². The number of carbonyl (C=O) groups is 1. The largest absolute Gasteiger partial charge is 0.339 e. The fourth-order valence-corrected chi connectivity index (χ4v) is 2.33. The SMILES string of the molecule is CC(C)CCN(C(=O)Cc1ccc(S)cc1)C1CC1. The molecule has 1 aromatic rings. The van der Waals surface area contributed by atoms with E-state index in [1.54, 1.807) is 0 Å². The maximum Gasteiger partial charge on any atom is 0.227 e. The molecule has 1 aliphatic rings. The highest BCUT2D eigenvalue weighted by molar-refractivity contribution is 7.80. The third-order valence-electron chi connectivity index (χ3n) is 3.55. The molecule has 0 aromatic heterocycles. The minimum absolute atomic E-state index is 0.273. The third-order valence-corrected chi connectivity index (χ3v) is 3.85. The molecule has 0 unspecified atom stereocenters. The summed E-state index contributed by atoms with van der Waals surface area (Å²) >= 11 is 4.27. The Hall–Kier alpha value is -0.960. The normalized spacial score (nSPS) is 14.7. The lowest BCUT2D eigenvalue weighted by molar-refractivity contribution is -0.131. The van der Waals surface area contributed by atoms with E-state index < -0.39 is 0 Å². The molecule has 2 nitrogen and oxygen atoms in total. The maximum absolute atomic E-state index is 12.4. The van der Waals surface area contributed by atoms with Crippen molar-refractivity contribution in [2.24, 2.45) is 5.92 Å². The zero-order valence-corrected chi connectivity index (χ0v) is 12.7. The molecule has 0 N–H and O–H groups in total. The van der Waals surface area contributed by atoms with Crippen LogP contribution in [0.25, 0.3) is 0 Å². The highest BCUT2D eigenvalue weighted by Crippen LogP contribution is 2.28. The van der Waals surface area contributed by atoms with E-state index in [1.807, 2.05) is 24.3 Å². The van der Waals surface area contributed by atoms with Crippen molar-refractivity contribution in [3.8, 4) is 0 Å². The van der Waals surface area contributed by atoms with Gasteiger partial charge in [-0.3, -0.25) is 4.79 Å².